The van der Waals surface area contributed by atoms with Gasteiger partial charge in [-0.1, -0.05) is 6.92 Å². The highest BCUT2D eigenvalue weighted by Crippen LogP contribution is 2.42. The van der Waals surface area contributed by atoms with Gasteiger partial charge in [-0.15, -0.1) is 11.3 Å². The molecule has 2 N–H and O–H groups in total. The molecule has 0 unspecified atom stereocenters. The summed E-state index contributed by atoms with van der Waals surface area (Å²) in [6, 6.07) is 7.08. The Bertz CT molecular complexity index is 1660. The van der Waals surface area contributed by atoms with Crippen molar-refractivity contribution in [1.29, 1.82) is 0 Å². The summed E-state index contributed by atoms with van der Waals surface area (Å²) in [4.78, 5) is 24.8. The molecule has 0 radical (unpaired) electrons. The van der Waals surface area contributed by atoms with Crippen LogP contribution in [-0.4, -0.2) is 86.4 Å². The number of hydrogen-bond donors (Lipinski definition) is 2. The fourth-order valence-electron chi connectivity index (χ4n) is 5.50. The van der Waals surface area contributed by atoms with E-state index in [2.05, 4.69) is 38.5 Å². The quantitative estimate of drug-likeness (QED) is 0.415. The minimum Gasteiger partial charge on any atom is -0.377 e. The summed E-state index contributed by atoms with van der Waals surface area (Å²) in [5, 5.41) is 6.48. The molecule has 3 aliphatic heterocycles. The average molecular weight is 637 g/mol. The lowest BCUT2D eigenvalue weighted by atomic mass is 10.1. The highest BCUT2D eigenvalue weighted by molar-refractivity contribution is 7.91. The number of fused-ring (bicyclic) bond motifs is 1. The minimum absolute atomic E-state index is 0.00642. The first kappa shape index (κ1) is 29.8. The van der Waals surface area contributed by atoms with Gasteiger partial charge in [0.05, 0.1) is 40.5 Å². The summed E-state index contributed by atoms with van der Waals surface area (Å²) >= 11 is 0.699. The van der Waals surface area contributed by atoms with Gasteiger partial charge in [0.2, 0.25) is 5.95 Å². The van der Waals surface area contributed by atoms with Crippen LogP contribution in [0.3, 0.4) is 0 Å². The van der Waals surface area contributed by atoms with Gasteiger partial charge in [-0.05, 0) is 43.2 Å². The molecule has 0 bridgehead atoms. The summed E-state index contributed by atoms with van der Waals surface area (Å²) < 4.78 is 73.8. The van der Waals surface area contributed by atoms with Crippen LogP contribution < -0.4 is 15.5 Å². The lowest BCUT2D eigenvalue weighted by molar-refractivity contribution is -0.137. The summed E-state index contributed by atoms with van der Waals surface area (Å²) in [7, 11) is -3.92. The number of ether oxygens (including phenoxy) is 1. The Labute approximate surface area is 251 Å². The van der Waals surface area contributed by atoms with E-state index in [1.165, 1.54) is 4.90 Å². The molecule has 3 aliphatic rings. The van der Waals surface area contributed by atoms with Crippen LogP contribution in [0, 0.1) is 0 Å². The molecule has 2 aromatic heterocycles. The van der Waals surface area contributed by atoms with Crippen molar-refractivity contribution >= 4 is 44.4 Å². The van der Waals surface area contributed by atoms with E-state index in [0.717, 1.165) is 37.0 Å². The standard InChI is InChI=1S/C28H31F3N6O4S2/c1-3-17-10-18(36-7-6-32-16(2)13-36)4-5-21(17)34-27-33-12-20(28(29,30)31)24(35-27)22-11-23-25(42-22)26(38)37(19-14-41-15-19)8-9-43(23,39)40/h4-5,10-12,16,19,32H,3,6-9,13-15H2,1-2H3,(H,33,34,35)/t16-/m0/s1. The van der Waals surface area contributed by atoms with Crippen molar-refractivity contribution < 1.29 is 31.1 Å². The highest BCUT2D eigenvalue weighted by Gasteiger charge is 2.41. The molecule has 1 atom stereocenters. The van der Waals surface area contributed by atoms with Crippen molar-refractivity contribution in [3.05, 3.63) is 46.5 Å². The maximum atomic E-state index is 14.1. The van der Waals surface area contributed by atoms with Crippen LogP contribution in [-0.2, 0) is 27.2 Å². The van der Waals surface area contributed by atoms with Gasteiger partial charge < -0.3 is 25.2 Å². The Hall–Kier alpha value is -3.27. The van der Waals surface area contributed by atoms with E-state index in [0.29, 0.717) is 35.7 Å². The van der Waals surface area contributed by atoms with Crippen LogP contribution in [0.2, 0.25) is 0 Å². The Kier molecular flexibility index (Phi) is 7.85. The highest BCUT2D eigenvalue weighted by atomic mass is 32.2. The van der Waals surface area contributed by atoms with Gasteiger partial charge in [0.25, 0.3) is 5.91 Å². The molecule has 230 valence electrons. The van der Waals surface area contributed by atoms with Crippen LogP contribution in [0.1, 0.15) is 34.6 Å². The number of anilines is 3. The Morgan fingerprint density at radius 3 is 2.67 bits per heavy atom. The van der Waals surface area contributed by atoms with Crippen molar-refractivity contribution in [1.82, 2.24) is 20.2 Å². The van der Waals surface area contributed by atoms with Gasteiger partial charge in [0.1, 0.15) is 10.4 Å². The number of aryl methyl sites for hydroxylation is 1. The van der Waals surface area contributed by atoms with Gasteiger partial charge in [0, 0.05) is 49.8 Å². The van der Waals surface area contributed by atoms with Gasteiger partial charge in [-0.3, -0.25) is 4.79 Å². The molecule has 43 heavy (non-hydrogen) atoms. The molecule has 0 saturated carbocycles. The van der Waals surface area contributed by atoms with Crippen LogP contribution >= 0.6 is 11.3 Å². The molecule has 3 aromatic rings. The summed E-state index contributed by atoms with van der Waals surface area (Å²) in [5.74, 6) is -0.940. The largest absolute Gasteiger partial charge is 0.420 e. The normalized spacial score (nSPS) is 20.9. The number of nitrogens with one attached hydrogen (secondary N) is 2. The molecule has 5 heterocycles. The number of carbonyl (C=O) groups excluding carboxylic acids is 1. The van der Waals surface area contributed by atoms with Crippen molar-refractivity contribution in [2.45, 2.75) is 43.4 Å². The lowest BCUT2D eigenvalue weighted by Crippen LogP contribution is -2.52. The smallest absolute Gasteiger partial charge is 0.377 e. The lowest BCUT2D eigenvalue weighted by Gasteiger charge is -2.36. The van der Waals surface area contributed by atoms with Gasteiger partial charge in [-0.2, -0.15) is 13.2 Å². The number of aromatic nitrogens is 2. The number of carbonyl (C=O) groups is 1. The zero-order valence-corrected chi connectivity index (χ0v) is 25.2. The summed E-state index contributed by atoms with van der Waals surface area (Å²) in [6.07, 6.45) is -3.47. The van der Waals surface area contributed by atoms with Crippen LogP contribution in [0.5, 0.6) is 0 Å². The summed E-state index contributed by atoms with van der Waals surface area (Å²) in [6.45, 7) is 7.26. The maximum Gasteiger partial charge on any atom is 0.420 e. The van der Waals surface area contributed by atoms with E-state index in [-0.39, 0.29) is 52.2 Å². The van der Waals surface area contributed by atoms with Crippen LogP contribution in [0.25, 0.3) is 10.6 Å². The minimum atomic E-state index is -4.82. The van der Waals surface area contributed by atoms with Gasteiger partial charge in [-0.25, -0.2) is 18.4 Å². The van der Waals surface area contributed by atoms with E-state index < -0.39 is 33.2 Å². The molecule has 15 heteroatoms. The number of benzene rings is 1. The monoisotopic (exact) mass is 636 g/mol. The number of hydrogen-bond acceptors (Lipinski definition) is 10. The van der Waals surface area contributed by atoms with E-state index in [1.807, 2.05) is 19.1 Å². The number of sulfone groups is 1. The number of alkyl halides is 3. The average Bonchev–Trinajstić information content (AvgIpc) is 3.37. The number of rotatable bonds is 6. The molecular weight excluding hydrogens is 605 g/mol. The third kappa shape index (κ3) is 5.82. The third-order valence-corrected chi connectivity index (χ3v) is 10.9. The predicted octanol–water partition coefficient (Wildman–Crippen LogP) is 3.96. The molecule has 0 spiro atoms. The maximum absolute atomic E-state index is 14.1. The Morgan fingerprint density at radius 2 is 2.00 bits per heavy atom. The molecule has 10 nitrogen and oxygen atoms in total. The second kappa shape index (κ2) is 11.3. The van der Waals surface area contributed by atoms with E-state index >= 15 is 0 Å². The number of piperazine rings is 1. The molecule has 1 aromatic carbocycles. The predicted molar refractivity (Wildman–Crippen MR) is 157 cm³/mol. The number of amides is 1. The zero-order valence-electron chi connectivity index (χ0n) is 23.6. The Balaban J connectivity index is 1.36. The summed E-state index contributed by atoms with van der Waals surface area (Å²) in [5.41, 5.74) is 1.03. The van der Waals surface area contributed by atoms with Gasteiger partial charge >= 0.3 is 6.18 Å². The molecule has 6 rings (SSSR count). The third-order valence-electron chi connectivity index (χ3n) is 7.93. The second-order valence-electron chi connectivity index (χ2n) is 10.9. The first-order valence-electron chi connectivity index (χ1n) is 14.0. The fraction of sp³-hybridized carbons (Fsp3) is 0.464. The molecule has 2 fully saturated rings. The molecule has 0 aliphatic carbocycles. The molecule has 2 saturated heterocycles. The first-order chi connectivity index (χ1) is 20.4. The number of nitrogens with zero attached hydrogens (tertiary/aromatic N) is 4. The number of halogens is 3. The van der Waals surface area contributed by atoms with Crippen molar-refractivity contribution in [2.24, 2.45) is 0 Å². The van der Waals surface area contributed by atoms with E-state index in [4.69, 9.17) is 4.74 Å². The SMILES string of the molecule is CCc1cc(N2CCN[C@@H](C)C2)ccc1Nc1ncc(C(F)(F)F)c(-c2cc3c(s2)C(=O)N(C2COC2)CCS3(=O)=O)n1. The van der Waals surface area contributed by atoms with E-state index in [9.17, 15) is 26.4 Å². The zero-order chi connectivity index (χ0) is 30.5. The first-order valence-corrected chi connectivity index (χ1v) is 16.5. The van der Waals surface area contributed by atoms with Crippen LogP contribution in [0.4, 0.5) is 30.5 Å². The molecule has 1 amide bonds. The fourth-order valence-corrected chi connectivity index (χ4v) is 8.42. The van der Waals surface area contributed by atoms with Gasteiger partial charge in [0.15, 0.2) is 9.84 Å². The van der Waals surface area contributed by atoms with E-state index in [1.54, 1.807) is 0 Å². The molecular formula is C28H31F3N6O4S2. The second-order valence-corrected chi connectivity index (χ2v) is 14.0. The van der Waals surface area contributed by atoms with Crippen molar-refractivity contribution in [3.8, 4) is 10.6 Å². The topological polar surface area (TPSA) is 117 Å². The van der Waals surface area contributed by atoms with Crippen molar-refractivity contribution in [3.63, 3.8) is 0 Å². The van der Waals surface area contributed by atoms with Crippen molar-refractivity contribution in [2.75, 3.05) is 55.4 Å². The Morgan fingerprint density at radius 1 is 1.21 bits per heavy atom. The number of thiophene rings is 1. The van der Waals surface area contributed by atoms with Crippen LogP contribution in [0.15, 0.2) is 35.4 Å².